The minimum atomic E-state index is -0.290. The van der Waals surface area contributed by atoms with Crippen molar-refractivity contribution in [1.29, 1.82) is 0 Å². The van der Waals surface area contributed by atoms with Gasteiger partial charge in [-0.1, -0.05) is 24.3 Å². The van der Waals surface area contributed by atoms with Crippen LogP contribution in [0.2, 0.25) is 0 Å². The van der Waals surface area contributed by atoms with E-state index in [4.69, 9.17) is 4.74 Å². The lowest BCUT2D eigenvalue weighted by Gasteiger charge is -2.16. The van der Waals surface area contributed by atoms with Gasteiger partial charge < -0.3 is 9.64 Å². The van der Waals surface area contributed by atoms with Crippen LogP contribution in [0.1, 0.15) is 12.8 Å². The number of rotatable bonds is 6. The molecule has 0 atom stereocenters. The van der Waals surface area contributed by atoms with Crippen molar-refractivity contribution in [3.05, 3.63) is 54.6 Å². The first-order valence-corrected chi connectivity index (χ1v) is 7.85. The summed E-state index contributed by atoms with van der Waals surface area (Å²) in [4.78, 5) is 25.3. The van der Waals surface area contributed by atoms with Crippen molar-refractivity contribution in [1.82, 2.24) is 5.43 Å². The average Bonchev–Trinajstić information content (AvgIpc) is 3.05. The Bertz CT molecular complexity index is 718. The van der Waals surface area contributed by atoms with E-state index in [1.165, 1.54) is 0 Å². The molecule has 6 nitrogen and oxygen atoms in total. The van der Waals surface area contributed by atoms with Gasteiger partial charge in [-0.15, -0.1) is 0 Å². The largest absolute Gasteiger partial charge is 0.484 e. The average molecular weight is 325 g/mol. The van der Waals surface area contributed by atoms with Crippen LogP contribution < -0.4 is 20.5 Å². The number of hydrogen-bond donors (Lipinski definition) is 2. The number of para-hydroxylation sites is 1. The Morgan fingerprint density at radius 3 is 2.71 bits per heavy atom. The van der Waals surface area contributed by atoms with Crippen LogP contribution >= 0.6 is 0 Å². The van der Waals surface area contributed by atoms with Gasteiger partial charge in [0.1, 0.15) is 5.75 Å². The van der Waals surface area contributed by atoms with E-state index >= 15 is 0 Å². The zero-order valence-corrected chi connectivity index (χ0v) is 13.2. The van der Waals surface area contributed by atoms with Gasteiger partial charge in [0.2, 0.25) is 5.91 Å². The first kappa shape index (κ1) is 15.9. The number of ether oxygens (including phenoxy) is 1. The Balaban J connectivity index is 1.51. The summed E-state index contributed by atoms with van der Waals surface area (Å²) in [7, 11) is 0. The number of nitrogens with zero attached hydrogens (tertiary/aromatic N) is 1. The Hall–Kier alpha value is -3.02. The molecule has 1 heterocycles. The third kappa shape index (κ3) is 4.04. The van der Waals surface area contributed by atoms with E-state index in [1.807, 2.05) is 42.5 Å². The van der Waals surface area contributed by atoms with Gasteiger partial charge in [-0.2, -0.15) is 0 Å². The summed E-state index contributed by atoms with van der Waals surface area (Å²) in [5, 5.41) is 0. The van der Waals surface area contributed by atoms with E-state index in [-0.39, 0.29) is 18.4 Å². The van der Waals surface area contributed by atoms with Crippen molar-refractivity contribution in [2.75, 3.05) is 23.5 Å². The van der Waals surface area contributed by atoms with E-state index in [0.717, 1.165) is 24.3 Å². The van der Waals surface area contributed by atoms with Gasteiger partial charge in [0.05, 0.1) is 5.69 Å². The van der Waals surface area contributed by atoms with Crippen molar-refractivity contribution in [2.45, 2.75) is 12.8 Å². The minimum absolute atomic E-state index is 0.114. The summed E-state index contributed by atoms with van der Waals surface area (Å²) in [6.45, 7) is 0.612. The summed E-state index contributed by atoms with van der Waals surface area (Å²) in [6.07, 6.45) is 1.45. The maximum absolute atomic E-state index is 11.8. The first-order chi connectivity index (χ1) is 11.7. The molecule has 0 bridgehead atoms. The molecule has 24 heavy (non-hydrogen) atoms. The van der Waals surface area contributed by atoms with E-state index < -0.39 is 0 Å². The summed E-state index contributed by atoms with van der Waals surface area (Å²) in [5.41, 5.74) is 6.97. The Morgan fingerprint density at radius 1 is 1.12 bits per heavy atom. The third-order valence-electron chi connectivity index (χ3n) is 3.69. The highest BCUT2D eigenvalue weighted by atomic mass is 16.5. The molecule has 2 aromatic rings. The molecule has 0 spiro atoms. The van der Waals surface area contributed by atoms with Crippen LogP contribution in [-0.4, -0.2) is 25.0 Å². The third-order valence-corrected chi connectivity index (χ3v) is 3.69. The summed E-state index contributed by atoms with van der Waals surface area (Å²) < 4.78 is 5.50. The number of anilines is 2. The van der Waals surface area contributed by atoms with Gasteiger partial charge in [0, 0.05) is 24.7 Å². The molecule has 2 N–H and O–H groups in total. The first-order valence-electron chi connectivity index (χ1n) is 7.85. The molecule has 1 fully saturated rings. The number of amides is 2. The zero-order chi connectivity index (χ0) is 16.8. The van der Waals surface area contributed by atoms with Crippen molar-refractivity contribution in [3.8, 4) is 5.75 Å². The molecule has 0 saturated carbocycles. The fourth-order valence-electron chi connectivity index (χ4n) is 2.51. The standard InChI is InChI=1S/C18H19N3O3/c22-17(20-19-14-6-2-1-3-7-14)13-24-16-9-4-8-15(12-16)21-11-5-10-18(21)23/h1-4,6-9,12,19H,5,10-11,13H2,(H,20,22). The number of carbonyl (C=O) groups is 2. The number of benzene rings is 2. The van der Waals surface area contributed by atoms with E-state index in [2.05, 4.69) is 10.9 Å². The van der Waals surface area contributed by atoms with Crippen molar-refractivity contribution >= 4 is 23.2 Å². The van der Waals surface area contributed by atoms with Crippen LogP contribution in [0.4, 0.5) is 11.4 Å². The van der Waals surface area contributed by atoms with Crippen LogP contribution in [0, 0.1) is 0 Å². The zero-order valence-electron chi connectivity index (χ0n) is 13.2. The van der Waals surface area contributed by atoms with Gasteiger partial charge in [-0.25, -0.2) is 0 Å². The van der Waals surface area contributed by atoms with E-state index in [9.17, 15) is 9.59 Å². The molecule has 1 saturated heterocycles. The molecule has 2 aromatic carbocycles. The SMILES string of the molecule is O=C(COc1cccc(N2CCCC2=O)c1)NNc1ccccc1. The quantitative estimate of drug-likeness (QED) is 0.800. The maximum Gasteiger partial charge on any atom is 0.276 e. The molecule has 1 aliphatic rings. The molecule has 0 radical (unpaired) electrons. The predicted octanol–water partition coefficient (Wildman–Crippen LogP) is 2.34. The Morgan fingerprint density at radius 2 is 1.96 bits per heavy atom. The van der Waals surface area contributed by atoms with Gasteiger partial charge in [-0.3, -0.25) is 20.4 Å². The second-order valence-corrected chi connectivity index (χ2v) is 5.47. The molecular weight excluding hydrogens is 306 g/mol. The summed E-state index contributed by atoms with van der Waals surface area (Å²) >= 11 is 0. The molecule has 124 valence electrons. The maximum atomic E-state index is 11.8. The van der Waals surface area contributed by atoms with Crippen LogP contribution in [-0.2, 0) is 9.59 Å². The Kier molecular flexibility index (Phi) is 4.96. The van der Waals surface area contributed by atoms with Gasteiger partial charge in [-0.05, 0) is 30.7 Å². The van der Waals surface area contributed by atoms with Crippen molar-refractivity contribution in [3.63, 3.8) is 0 Å². The summed E-state index contributed by atoms with van der Waals surface area (Å²) in [6, 6.07) is 16.6. The lowest BCUT2D eigenvalue weighted by Crippen LogP contribution is -2.33. The monoisotopic (exact) mass is 325 g/mol. The van der Waals surface area contributed by atoms with Gasteiger partial charge >= 0.3 is 0 Å². The topological polar surface area (TPSA) is 70.7 Å². The lowest BCUT2D eigenvalue weighted by atomic mass is 10.3. The second-order valence-electron chi connectivity index (χ2n) is 5.47. The van der Waals surface area contributed by atoms with Gasteiger partial charge in [0.25, 0.3) is 5.91 Å². The molecule has 0 aromatic heterocycles. The molecule has 6 heteroatoms. The fourth-order valence-corrected chi connectivity index (χ4v) is 2.51. The second kappa shape index (κ2) is 7.50. The van der Waals surface area contributed by atoms with E-state index in [1.54, 1.807) is 17.0 Å². The van der Waals surface area contributed by atoms with Crippen molar-refractivity contribution < 1.29 is 14.3 Å². The number of hydrogen-bond acceptors (Lipinski definition) is 4. The normalized spacial score (nSPS) is 13.7. The molecular formula is C18H19N3O3. The smallest absolute Gasteiger partial charge is 0.276 e. The lowest BCUT2D eigenvalue weighted by molar-refractivity contribution is -0.122. The minimum Gasteiger partial charge on any atom is -0.484 e. The number of carbonyl (C=O) groups excluding carboxylic acids is 2. The fraction of sp³-hybridized carbons (Fsp3) is 0.222. The highest BCUT2D eigenvalue weighted by Gasteiger charge is 2.21. The highest BCUT2D eigenvalue weighted by molar-refractivity contribution is 5.95. The van der Waals surface area contributed by atoms with Crippen molar-refractivity contribution in [2.24, 2.45) is 0 Å². The predicted molar refractivity (Wildman–Crippen MR) is 91.7 cm³/mol. The Labute approximate surface area is 140 Å². The number of nitrogens with one attached hydrogen (secondary N) is 2. The number of hydrazine groups is 1. The molecule has 2 amide bonds. The van der Waals surface area contributed by atoms with Gasteiger partial charge in [0.15, 0.2) is 6.61 Å². The molecule has 3 rings (SSSR count). The highest BCUT2D eigenvalue weighted by Crippen LogP contribution is 2.25. The van der Waals surface area contributed by atoms with Crippen LogP contribution in [0.25, 0.3) is 0 Å². The van der Waals surface area contributed by atoms with E-state index in [0.29, 0.717) is 12.2 Å². The van der Waals surface area contributed by atoms with Crippen LogP contribution in [0.15, 0.2) is 54.6 Å². The molecule has 1 aliphatic heterocycles. The summed E-state index contributed by atoms with van der Waals surface area (Å²) in [5.74, 6) is 0.389. The van der Waals surface area contributed by atoms with Crippen LogP contribution in [0.5, 0.6) is 5.75 Å². The van der Waals surface area contributed by atoms with Crippen LogP contribution in [0.3, 0.4) is 0 Å². The molecule has 0 unspecified atom stereocenters. The molecule has 0 aliphatic carbocycles.